The molecule has 4 aromatic rings. The number of nitrogens with one attached hydrogen (secondary N) is 3. The Bertz CT molecular complexity index is 1820. The summed E-state index contributed by atoms with van der Waals surface area (Å²) in [6.45, 7) is 12.1. The maximum Gasteiger partial charge on any atom is 0.251 e. The summed E-state index contributed by atoms with van der Waals surface area (Å²) < 4.78 is 19.3. The number of carbonyl (C=O) groups excluding carboxylic acids is 2. The van der Waals surface area contributed by atoms with Gasteiger partial charge in [-0.1, -0.05) is 47.7 Å². The molecule has 12 heteroatoms. The van der Waals surface area contributed by atoms with Crippen molar-refractivity contribution in [1.82, 2.24) is 30.9 Å². The van der Waals surface area contributed by atoms with Gasteiger partial charge in [-0.15, -0.1) is 5.10 Å². The lowest BCUT2D eigenvalue weighted by molar-refractivity contribution is -0.119. The van der Waals surface area contributed by atoms with Crippen molar-refractivity contribution in [2.24, 2.45) is 0 Å². The van der Waals surface area contributed by atoms with Crippen LogP contribution in [-0.4, -0.2) is 91.6 Å². The maximum absolute atomic E-state index is 13.8. The van der Waals surface area contributed by atoms with Gasteiger partial charge in [0.05, 0.1) is 57.5 Å². The predicted octanol–water partition coefficient (Wildman–Crippen LogP) is 5.86. The number of nitrogens with zero attached hydrogens (tertiary/aromatic N) is 4. The minimum absolute atomic E-state index is 0.0706. The van der Waals surface area contributed by atoms with E-state index < -0.39 is 0 Å². The highest BCUT2D eigenvalue weighted by Gasteiger charge is 2.29. The van der Waals surface area contributed by atoms with Gasteiger partial charge in [0.25, 0.3) is 5.91 Å². The van der Waals surface area contributed by atoms with E-state index in [0.29, 0.717) is 71.1 Å². The molecule has 3 aromatic carbocycles. The molecule has 12 nitrogen and oxygen atoms in total. The number of anilines is 1. The number of hydrogen-bond acceptors (Lipinski definition) is 9. The number of fused-ring (bicyclic) bond motifs is 5. The van der Waals surface area contributed by atoms with Crippen LogP contribution >= 0.6 is 0 Å². The molecule has 0 unspecified atom stereocenters. The first kappa shape index (κ1) is 40.6. The van der Waals surface area contributed by atoms with E-state index in [1.54, 1.807) is 12.1 Å². The second kappa shape index (κ2) is 19.1. The second-order valence-electron chi connectivity index (χ2n) is 14.9. The summed E-state index contributed by atoms with van der Waals surface area (Å²) in [6.07, 6.45) is 3.09. The van der Waals surface area contributed by atoms with Gasteiger partial charge >= 0.3 is 0 Å². The summed E-state index contributed by atoms with van der Waals surface area (Å²) in [5.41, 5.74) is 5.88. The van der Waals surface area contributed by atoms with Gasteiger partial charge in [-0.3, -0.25) is 9.59 Å². The average Bonchev–Trinajstić information content (AvgIpc) is 3.59. The van der Waals surface area contributed by atoms with Crippen molar-refractivity contribution in [3.05, 3.63) is 83.9 Å². The Morgan fingerprint density at radius 2 is 1.44 bits per heavy atom. The molecular formula is C42H57N7O5. The molecule has 2 amide bonds. The molecule has 0 bridgehead atoms. The van der Waals surface area contributed by atoms with Gasteiger partial charge in [-0.25, -0.2) is 4.68 Å². The standard InChI is InChI=1S/C42H57N7O5/c1-41(2,43-5)21-11-25-54-33-18-16-31(17-19-33)40(51)45-23-26-52-28-29-53-27-24-49-39-34-13-8-7-12-32(34)30-48(37(50)20-22-42(3,4)44-6)36-15-10-9-14-35(36)38(39)46-47-49/h7-10,12-19,43-44H,11,20-30H2,1-6H3,(H,45,51). The van der Waals surface area contributed by atoms with Gasteiger partial charge in [-0.05, 0) is 96.9 Å². The summed E-state index contributed by atoms with van der Waals surface area (Å²) in [6, 6.07) is 23.3. The summed E-state index contributed by atoms with van der Waals surface area (Å²) in [7, 11) is 3.89. The van der Waals surface area contributed by atoms with Crippen LogP contribution in [-0.2, 0) is 27.4 Å². The zero-order valence-electron chi connectivity index (χ0n) is 32.7. The van der Waals surface area contributed by atoms with Crippen molar-refractivity contribution in [3.63, 3.8) is 0 Å². The number of ether oxygens (including phenoxy) is 3. The van der Waals surface area contributed by atoms with Crippen LogP contribution in [0.15, 0.2) is 72.8 Å². The van der Waals surface area contributed by atoms with Crippen LogP contribution in [0.25, 0.3) is 22.5 Å². The smallest absolute Gasteiger partial charge is 0.251 e. The topological polar surface area (TPSA) is 132 Å². The number of amides is 2. The Morgan fingerprint density at radius 3 is 2.19 bits per heavy atom. The Hall–Kier alpha value is -4.62. The number of rotatable bonds is 20. The SMILES string of the molecule is CNC(C)(C)CCCOc1ccc(C(=O)NCCOCCOCCn2nnc3c2-c2ccccc2CN(C(=O)CCC(C)(C)NC)c2ccccc2-3)cc1. The molecular weight excluding hydrogens is 683 g/mol. The lowest BCUT2D eigenvalue weighted by Crippen LogP contribution is -2.39. The van der Waals surface area contributed by atoms with Crippen LogP contribution in [0.4, 0.5) is 5.69 Å². The first-order valence-corrected chi connectivity index (χ1v) is 19.0. The molecule has 1 aliphatic heterocycles. The number of benzene rings is 3. The molecule has 1 aliphatic rings. The monoisotopic (exact) mass is 739 g/mol. The molecule has 0 aliphatic carbocycles. The first-order valence-electron chi connectivity index (χ1n) is 19.0. The van der Waals surface area contributed by atoms with Crippen molar-refractivity contribution >= 4 is 17.5 Å². The van der Waals surface area contributed by atoms with Crippen molar-refractivity contribution < 1.29 is 23.8 Å². The van der Waals surface area contributed by atoms with Crippen molar-refractivity contribution in [3.8, 4) is 28.3 Å². The Kier molecular flexibility index (Phi) is 14.4. The lowest BCUT2D eigenvalue weighted by atomic mass is 9.94. The van der Waals surface area contributed by atoms with Gasteiger partial charge in [0.1, 0.15) is 11.4 Å². The third-order valence-corrected chi connectivity index (χ3v) is 10.1. The molecule has 3 N–H and O–H groups in total. The van der Waals surface area contributed by atoms with E-state index in [9.17, 15) is 9.59 Å². The number of para-hydroxylation sites is 1. The summed E-state index contributed by atoms with van der Waals surface area (Å²) in [4.78, 5) is 28.2. The van der Waals surface area contributed by atoms with Crippen LogP contribution in [0.5, 0.6) is 5.75 Å². The van der Waals surface area contributed by atoms with Gasteiger partial charge in [0, 0.05) is 40.7 Å². The van der Waals surface area contributed by atoms with Gasteiger partial charge in [-0.2, -0.15) is 0 Å². The molecule has 2 heterocycles. The van der Waals surface area contributed by atoms with Gasteiger partial charge in [0.2, 0.25) is 5.91 Å². The quantitative estimate of drug-likeness (QED) is 0.0955. The molecule has 0 atom stereocenters. The van der Waals surface area contributed by atoms with E-state index in [-0.39, 0.29) is 22.9 Å². The van der Waals surface area contributed by atoms with Crippen LogP contribution in [0.3, 0.4) is 0 Å². The van der Waals surface area contributed by atoms with Gasteiger partial charge in [0.15, 0.2) is 0 Å². The Morgan fingerprint density at radius 1 is 0.778 bits per heavy atom. The number of hydrogen-bond donors (Lipinski definition) is 3. The van der Waals surface area contributed by atoms with E-state index in [1.165, 1.54) is 0 Å². The number of aromatic nitrogens is 3. The largest absolute Gasteiger partial charge is 0.494 e. The fourth-order valence-electron chi connectivity index (χ4n) is 6.22. The van der Waals surface area contributed by atoms with Crippen LogP contribution in [0, 0.1) is 0 Å². The maximum atomic E-state index is 13.8. The second-order valence-corrected chi connectivity index (χ2v) is 14.9. The van der Waals surface area contributed by atoms with Crippen molar-refractivity contribution in [1.29, 1.82) is 0 Å². The fraction of sp³-hybridized carbons (Fsp3) is 0.476. The average molecular weight is 740 g/mol. The molecule has 0 radical (unpaired) electrons. The third kappa shape index (κ3) is 11.0. The van der Waals surface area contributed by atoms with E-state index in [2.05, 4.69) is 66.1 Å². The first-order chi connectivity index (χ1) is 26.0. The van der Waals surface area contributed by atoms with Crippen LogP contribution in [0.2, 0.25) is 0 Å². The predicted molar refractivity (Wildman–Crippen MR) is 213 cm³/mol. The zero-order chi connectivity index (χ0) is 38.6. The normalized spacial score (nSPS) is 12.7. The van der Waals surface area contributed by atoms with E-state index in [1.807, 2.05) is 72.2 Å². The lowest BCUT2D eigenvalue weighted by Gasteiger charge is -2.30. The van der Waals surface area contributed by atoms with Crippen molar-refractivity contribution in [2.45, 2.75) is 77.5 Å². The van der Waals surface area contributed by atoms with Crippen LogP contribution < -0.4 is 25.6 Å². The third-order valence-electron chi connectivity index (χ3n) is 10.1. The van der Waals surface area contributed by atoms with E-state index in [0.717, 1.165) is 52.4 Å². The molecule has 0 saturated heterocycles. The minimum Gasteiger partial charge on any atom is -0.494 e. The molecule has 5 rings (SSSR count). The molecule has 0 fully saturated rings. The Labute approximate surface area is 319 Å². The molecule has 290 valence electrons. The zero-order valence-corrected chi connectivity index (χ0v) is 32.7. The highest BCUT2D eigenvalue weighted by molar-refractivity contribution is 6.00. The fourth-order valence-corrected chi connectivity index (χ4v) is 6.22. The van der Waals surface area contributed by atoms with Crippen molar-refractivity contribution in [2.75, 3.05) is 58.6 Å². The van der Waals surface area contributed by atoms with Gasteiger partial charge < -0.3 is 35.1 Å². The summed E-state index contributed by atoms with van der Waals surface area (Å²) in [5.74, 6) is 0.667. The Balaban J connectivity index is 1.08. The summed E-state index contributed by atoms with van der Waals surface area (Å²) in [5, 5.41) is 18.7. The number of carbonyl (C=O) groups is 2. The highest BCUT2D eigenvalue weighted by atomic mass is 16.5. The molecule has 54 heavy (non-hydrogen) atoms. The molecule has 1 aromatic heterocycles. The van der Waals surface area contributed by atoms with E-state index >= 15 is 0 Å². The summed E-state index contributed by atoms with van der Waals surface area (Å²) >= 11 is 0. The minimum atomic E-state index is -0.156. The molecule has 0 spiro atoms. The highest BCUT2D eigenvalue weighted by Crippen LogP contribution is 2.41. The van der Waals surface area contributed by atoms with E-state index in [4.69, 9.17) is 14.2 Å². The van der Waals surface area contributed by atoms with Crippen LogP contribution in [0.1, 0.15) is 69.3 Å². The molecule has 0 saturated carbocycles.